The van der Waals surface area contributed by atoms with E-state index < -0.39 is 0 Å². The molecular weight excluding hydrogens is 110 g/mol. The summed E-state index contributed by atoms with van der Waals surface area (Å²) in [6, 6.07) is 0.646. The fourth-order valence-corrected chi connectivity index (χ4v) is 0.801. The molecule has 0 bridgehead atoms. The van der Waals surface area contributed by atoms with Crippen LogP contribution < -0.4 is 0 Å². The van der Waals surface area contributed by atoms with Crippen molar-refractivity contribution in [3.05, 3.63) is 12.8 Å². The van der Waals surface area contributed by atoms with Crippen LogP contribution >= 0.6 is 0 Å². The van der Waals surface area contributed by atoms with Crippen LogP contribution in [0.25, 0.3) is 0 Å². The van der Waals surface area contributed by atoms with E-state index in [1.54, 1.807) is 0 Å². The highest BCUT2D eigenvalue weighted by molar-refractivity contribution is 4.72. The Bertz CT molecular complexity index is 78.6. The van der Waals surface area contributed by atoms with Crippen molar-refractivity contribution in [3.8, 4) is 0 Å². The lowest BCUT2D eigenvalue weighted by molar-refractivity contribution is 0.332. The SMILES string of the molecule is C=CN(C)C(C)CCC. The molecule has 0 saturated heterocycles. The summed E-state index contributed by atoms with van der Waals surface area (Å²) in [5.74, 6) is 0. The van der Waals surface area contributed by atoms with Crippen LogP contribution in [0.5, 0.6) is 0 Å². The Morgan fingerprint density at radius 1 is 1.67 bits per heavy atom. The van der Waals surface area contributed by atoms with Gasteiger partial charge in [-0.25, -0.2) is 0 Å². The number of hydrogen-bond acceptors (Lipinski definition) is 1. The molecule has 0 rings (SSSR count). The minimum atomic E-state index is 0.646. The Labute approximate surface area is 58.4 Å². The second-order valence-corrected chi connectivity index (χ2v) is 2.49. The molecule has 1 heteroatoms. The van der Waals surface area contributed by atoms with E-state index in [0.29, 0.717) is 6.04 Å². The summed E-state index contributed by atoms with van der Waals surface area (Å²) in [4.78, 5) is 2.14. The van der Waals surface area contributed by atoms with Gasteiger partial charge < -0.3 is 4.90 Å². The van der Waals surface area contributed by atoms with Gasteiger partial charge in [-0.1, -0.05) is 19.9 Å². The van der Waals surface area contributed by atoms with E-state index in [-0.39, 0.29) is 0 Å². The highest BCUT2D eigenvalue weighted by atomic mass is 15.1. The molecule has 0 spiro atoms. The number of nitrogens with zero attached hydrogens (tertiary/aromatic N) is 1. The van der Waals surface area contributed by atoms with Gasteiger partial charge in [0.25, 0.3) is 0 Å². The normalized spacial score (nSPS) is 12.8. The molecule has 0 aromatic rings. The summed E-state index contributed by atoms with van der Waals surface area (Å²) >= 11 is 0. The molecule has 0 amide bonds. The highest BCUT2D eigenvalue weighted by Gasteiger charge is 2.00. The number of rotatable bonds is 4. The second-order valence-electron chi connectivity index (χ2n) is 2.49. The van der Waals surface area contributed by atoms with Crippen LogP contribution in [0.3, 0.4) is 0 Å². The van der Waals surface area contributed by atoms with E-state index in [9.17, 15) is 0 Å². The maximum absolute atomic E-state index is 3.69. The van der Waals surface area contributed by atoms with Crippen LogP contribution in [0, 0.1) is 0 Å². The minimum Gasteiger partial charge on any atom is -0.378 e. The zero-order valence-electron chi connectivity index (χ0n) is 6.72. The van der Waals surface area contributed by atoms with Crippen LogP contribution in [0.15, 0.2) is 12.8 Å². The van der Waals surface area contributed by atoms with Gasteiger partial charge >= 0.3 is 0 Å². The summed E-state index contributed by atoms with van der Waals surface area (Å²) in [7, 11) is 2.06. The molecular formula is C8H17N. The van der Waals surface area contributed by atoms with Gasteiger partial charge in [0.15, 0.2) is 0 Å². The maximum atomic E-state index is 3.69. The van der Waals surface area contributed by atoms with Crippen molar-refractivity contribution in [2.24, 2.45) is 0 Å². The van der Waals surface area contributed by atoms with E-state index in [1.165, 1.54) is 12.8 Å². The smallest absolute Gasteiger partial charge is 0.0252 e. The molecule has 1 nitrogen and oxygen atoms in total. The van der Waals surface area contributed by atoms with Gasteiger partial charge in [-0.15, -0.1) is 0 Å². The molecule has 1 unspecified atom stereocenters. The van der Waals surface area contributed by atoms with E-state index >= 15 is 0 Å². The predicted octanol–water partition coefficient (Wildman–Crippen LogP) is 2.25. The van der Waals surface area contributed by atoms with Crippen molar-refractivity contribution in [3.63, 3.8) is 0 Å². The molecule has 0 fully saturated rings. The van der Waals surface area contributed by atoms with Crippen molar-refractivity contribution in [1.29, 1.82) is 0 Å². The fourth-order valence-electron chi connectivity index (χ4n) is 0.801. The molecule has 1 atom stereocenters. The van der Waals surface area contributed by atoms with E-state index in [4.69, 9.17) is 0 Å². The van der Waals surface area contributed by atoms with Gasteiger partial charge in [-0.2, -0.15) is 0 Å². The average Bonchev–Trinajstić information content (AvgIpc) is 1.87. The molecule has 0 saturated carbocycles. The Balaban J connectivity index is 3.44. The van der Waals surface area contributed by atoms with Crippen molar-refractivity contribution in [2.45, 2.75) is 32.7 Å². The molecule has 0 heterocycles. The van der Waals surface area contributed by atoms with Crippen molar-refractivity contribution < 1.29 is 0 Å². The second kappa shape index (κ2) is 4.42. The van der Waals surface area contributed by atoms with Crippen molar-refractivity contribution in [2.75, 3.05) is 7.05 Å². The summed E-state index contributed by atoms with van der Waals surface area (Å²) in [6.07, 6.45) is 4.38. The summed E-state index contributed by atoms with van der Waals surface area (Å²) in [5, 5.41) is 0. The van der Waals surface area contributed by atoms with Crippen LogP contribution in [-0.4, -0.2) is 18.0 Å². The van der Waals surface area contributed by atoms with Gasteiger partial charge in [0, 0.05) is 13.1 Å². The van der Waals surface area contributed by atoms with Gasteiger partial charge in [0.1, 0.15) is 0 Å². The lowest BCUT2D eigenvalue weighted by Gasteiger charge is -2.21. The third-order valence-corrected chi connectivity index (χ3v) is 1.69. The zero-order chi connectivity index (χ0) is 7.28. The van der Waals surface area contributed by atoms with Gasteiger partial charge in [-0.3, -0.25) is 0 Å². The average molecular weight is 127 g/mol. The Morgan fingerprint density at radius 3 is 2.56 bits per heavy atom. The Morgan fingerprint density at radius 2 is 2.22 bits per heavy atom. The van der Waals surface area contributed by atoms with Gasteiger partial charge in [-0.05, 0) is 19.5 Å². The van der Waals surface area contributed by atoms with Gasteiger partial charge in [0.2, 0.25) is 0 Å². The fraction of sp³-hybridized carbons (Fsp3) is 0.750. The minimum absolute atomic E-state index is 0.646. The Kier molecular flexibility index (Phi) is 4.20. The highest BCUT2D eigenvalue weighted by Crippen LogP contribution is 2.02. The van der Waals surface area contributed by atoms with E-state index in [1.807, 2.05) is 6.20 Å². The summed E-state index contributed by atoms with van der Waals surface area (Å²) in [6.45, 7) is 8.11. The topological polar surface area (TPSA) is 3.24 Å². The van der Waals surface area contributed by atoms with E-state index in [0.717, 1.165) is 0 Å². The van der Waals surface area contributed by atoms with E-state index in [2.05, 4.69) is 32.4 Å². The Hall–Kier alpha value is -0.460. The van der Waals surface area contributed by atoms with Crippen LogP contribution in [-0.2, 0) is 0 Å². The molecule has 0 N–H and O–H groups in total. The van der Waals surface area contributed by atoms with Crippen molar-refractivity contribution >= 4 is 0 Å². The molecule has 0 aromatic heterocycles. The van der Waals surface area contributed by atoms with Gasteiger partial charge in [0.05, 0.1) is 0 Å². The predicted molar refractivity (Wildman–Crippen MR) is 42.3 cm³/mol. The first-order valence-corrected chi connectivity index (χ1v) is 3.56. The lowest BCUT2D eigenvalue weighted by Crippen LogP contribution is -2.22. The first kappa shape index (κ1) is 8.54. The molecule has 0 aliphatic rings. The molecule has 9 heavy (non-hydrogen) atoms. The third-order valence-electron chi connectivity index (χ3n) is 1.69. The molecule has 54 valence electrons. The monoisotopic (exact) mass is 127 g/mol. The molecule has 0 aliphatic heterocycles. The van der Waals surface area contributed by atoms with Crippen LogP contribution in [0.2, 0.25) is 0 Å². The zero-order valence-corrected chi connectivity index (χ0v) is 6.72. The van der Waals surface area contributed by atoms with Crippen LogP contribution in [0.1, 0.15) is 26.7 Å². The van der Waals surface area contributed by atoms with Crippen molar-refractivity contribution in [1.82, 2.24) is 4.90 Å². The molecule has 0 aliphatic carbocycles. The maximum Gasteiger partial charge on any atom is 0.0252 e. The quantitative estimate of drug-likeness (QED) is 0.560. The first-order valence-electron chi connectivity index (χ1n) is 3.56. The number of hydrogen-bond donors (Lipinski definition) is 0. The summed E-state index contributed by atoms with van der Waals surface area (Å²) < 4.78 is 0. The standard InChI is InChI=1S/C8H17N/c1-5-7-8(3)9(4)6-2/h6,8H,2,5,7H2,1,3-4H3. The summed E-state index contributed by atoms with van der Waals surface area (Å²) in [5.41, 5.74) is 0. The van der Waals surface area contributed by atoms with Crippen LogP contribution in [0.4, 0.5) is 0 Å². The lowest BCUT2D eigenvalue weighted by atomic mass is 10.2. The third kappa shape index (κ3) is 3.17. The first-order chi connectivity index (χ1) is 4.22. The molecule has 0 aromatic carbocycles. The largest absolute Gasteiger partial charge is 0.378 e. The molecule has 0 radical (unpaired) electrons.